The van der Waals surface area contributed by atoms with Crippen molar-refractivity contribution in [3.05, 3.63) is 40.6 Å². The second kappa shape index (κ2) is 4.56. The Balaban J connectivity index is 2.50. The van der Waals surface area contributed by atoms with Crippen LogP contribution >= 0.6 is 23.2 Å². The quantitative estimate of drug-likeness (QED) is 0.822. The second-order valence-corrected chi connectivity index (χ2v) is 4.07. The molecule has 1 aromatic carbocycles. The van der Waals surface area contributed by atoms with E-state index in [1.54, 1.807) is 35.2 Å². The van der Waals surface area contributed by atoms with Crippen molar-refractivity contribution in [3.63, 3.8) is 0 Å². The van der Waals surface area contributed by atoms with Crippen LogP contribution in [-0.2, 0) is 6.54 Å². The third-order valence-corrected chi connectivity index (χ3v) is 2.51. The Kier molecular flexibility index (Phi) is 3.14. The first kappa shape index (κ1) is 11.0. The molecule has 16 heavy (non-hydrogen) atoms. The average Bonchev–Trinajstić information content (AvgIpc) is 2.65. The smallest absolute Gasteiger partial charge is 0.140 e. The summed E-state index contributed by atoms with van der Waals surface area (Å²) in [6.45, 7) is 0.249. The summed E-state index contributed by atoms with van der Waals surface area (Å²) in [4.78, 5) is 4.18. The minimum atomic E-state index is 0.249. The van der Waals surface area contributed by atoms with E-state index >= 15 is 0 Å². The largest absolute Gasteiger partial charge is 0.317 e. The van der Waals surface area contributed by atoms with Gasteiger partial charge in [-0.15, -0.1) is 0 Å². The summed E-state index contributed by atoms with van der Waals surface area (Å²) in [5.74, 6) is 0.686. The summed E-state index contributed by atoms with van der Waals surface area (Å²) >= 11 is 11.8. The minimum Gasteiger partial charge on any atom is -0.317 e. The molecule has 2 rings (SSSR count). The number of nitrogens with zero attached hydrogens (tertiary/aromatic N) is 3. The predicted molar refractivity (Wildman–Crippen MR) is 63.3 cm³/mol. The molecule has 0 unspecified atom stereocenters. The maximum atomic E-state index is 8.67. The van der Waals surface area contributed by atoms with E-state index in [2.05, 4.69) is 11.1 Å². The van der Waals surface area contributed by atoms with Gasteiger partial charge in [-0.05, 0) is 18.2 Å². The fraction of sp³-hybridized carbons (Fsp3) is 0.0909. The highest BCUT2D eigenvalue weighted by Gasteiger charge is 2.07. The summed E-state index contributed by atoms with van der Waals surface area (Å²) in [5.41, 5.74) is 0.803. The lowest BCUT2D eigenvalue weighted by Crippen LogP contribution is -1.97. The zero-order chi connectivity index (χ0) is 11.5. The fourth-order valence-corrected chi connectivity index (χ4v) is 1.98. The van der Waals surface area contributed by atoms with Crippen LogP contribution in [0, 0.1) is 11.3 Å². The van der Waals surface area contributed by atoms with Crippen molar-refractivity contribution in [2.24, 2.45) is 0 Å². The summed E-state index contributed by atoms with van der Waals surface area (Å²) in [5, 5.41) is 9.77. The molecule has 0 saturated heterocycles. The molecule has 0 aliphatic carbocycles. The number of nitriles is 1. The van der Waals surface area contributed by atoms with Gasteiger partial charge in [0.05, 0.1) is 6.07 Å². The van der Waals surface area contributed by atoms with Crippen LogP contribution in [0.1, 0.15) is 0 Å². The molecule has 5 heteroatoms. The second-order valence-electron chi connectivity index (χ2n) is 3.19. The van der Waals surface area contributed by atoms with E-state index in [1.165, 1.54) is 0 Å². The standard InChI is InChI=1S/C11H7Cl2N3/c12-9-5-8(6-10(13)7-9)11-15-2-4-16(11)3-1-14/h2,4-7H,3H2. The average molecular weight is 252 g/mol. The first-order valence-corrected chi connectivity index (χ1v) is 5.31. The third kappa shape index (κ3) is 2.19. The number of aromatic nitrogens is 2. The molecule has 1 heterocycles. The molecule has 0 bridgehead atoms. The van der Waals surface area contributed by atoms with E-state index in [0.29, 0.717) is 15.9 Å². The van der Waals surface area contributed by atoms with Crippen LogP contribution in [0.25, 0.3) is 11.4 Å². The van der Waals surface area contributed by atoms with E-state index < -0.39 is 0 Å². The molecule has 0 fully saturated rings. The van der Waals surface area contributed by atoms with Crippen LogP contribution < -0.4 is 0 Å². The van der Waals surface area contributed by atoms with Gasteiger partial charge in [-0.25, -0.2) is 4.98 Å². The molecule has 0 radical (unpaired) electrons. The van der Waals surface area contributed by atoms with Crippen molar-refractivity contribution >= 4 is 23.2 Å². The third-order valence-electron chi connectivity index (χ3n) is 2.08. The maximum Gasteiger partial charge on any atom is 0.140 e. The Labute approximate surface area is 103 Å². The first-order valence-electron chi connectivity index (χ1n) is 4.55. The Morgan fingerprint density at radius 2 is 1.94 bits per heavy atom. The zero-order valence-electron chi connectivity index (χ0n) is 8.19. The van der Waals surface area contributed by atoms with Gasteiger partial charge >= 0.3 is 0 Å². The molecule has 80 valence electrons. The predicted octanol–water partition coefficient (Wildman–Crippen LogP) is 3.38. The van der Waals surface area contributed by atoms with Crippen LogP contribution in [0.15, 0.2) is 30.6 Å². The number of rotatable bonds is 2. The summed E-state index contributed by atoms with van der Waals surface area (Å²) < 4.78 is 1.74. The van der Waals surface area contributed by atoms with Gasteiger partial charge in [0.15, 0.2) is 0 Å². The minimum absolute atomic E-state index is 0.249. The van der Waals surface area contributed by atoms with E-state index in [0.717, 1.165) is 5.56 Å². The zero-order valence-corrected chi connectivity index (χ0v) is 9.70. The molecular weight excluding hydrogens is 245 g/mol. The topological polar surface area (TPSA) is 41.6 Å². The van der Waals surface area contributed by atoms with Gasteiger partial charge in [0.1, 0.15) is 12.4 Å². The molecule has 3 nitrogen and oxygen atoms in total. The van der Waals surface area contributed by atoms with E-state index in [4.69, 9.17) is 28.5 Å². The van der Waals surface area contributed by atoms with Crippen LogP contribution in [0.4, 0.5) is 0 Å². The summed E-state index contributed by atoms with van der Waals surface area (Å²) in [6, 6.07) is 7.26. The maximum absolute atomic E-state index is 8.67. The highest BCUT2D eigenvalue weighted by molar-refractivity contribution is 6.35. The lowest BCUT2D eigenvalue weighted by molar-refractivity contribution is 0.841. The molecule has 2 aromatic rings. The highest BCUT2D eigenvalue weighted by Crippen LogP contribution is 2.26. The van der Waals surface area contributed by atoms with Gasteiger partial charge in [-0.3, -0.25) is 0 Å². The van der Waals surface area contributed by atoms with Gasteiger partial charge in [-0.1, -0.05) is 23.2 Å². The molecule has 0 spiro atoms. The molecule has 0 amide bonds. The molecule has 0 saturated carbocycles. The van der Waals surface area contributed by atoms with Crippen molar-refractivity contribution < 1.29 is 0 Å². The van der Waals surface area contributed by atoms with Crippen molar-refractivity contribution in [2.75, 3.05) is 0 Å². The van der Waals surface area contributed by atoms with Gasteiger partial charge in [0, 0.05) is 28.0 Å². The van der Waals surface area contributed by atoms with Crippen LogP contribution in [0.3, 0.4) is 0 Å². The van der Waals surface area contributed by atoms with E-state index in [-0.39, 0.29) is 6.54 Å². The number of imidazole rings is 1. The van der Waals surface area contributed by atoms with Crippen molar-refractivity contribution in [3.8, 4) is 17.5 Å². The van der Waals surface area contributed by atoms with Gasteiger partial charge in [0.2, 0.25) is 0 Å². The molecule has 1 aromatic heterocycles. The van der Waals surface area contributed by atoms with Crippen LogP contribution in [0.2, 0.25) is 10.0 Å². The SMILES string of the molecule is N#CCn1ccnc1-c1cc(Cl)cc(Cl)c1. The lowest BCUT2D eigenvalue weighted by atomic mass is 10.2. The monoisotopic (exact) mass is 251 g/mol. The van der Waals surface area contributed by atoms with E-state index in [9.17, 15) is 0 Å². The number of halogens is 2. The van der Waals surface area contributed by atoms with Crippen LogP contribution in [0.5, 0.6) is 0 Å². The van der Waals surface area contributed by atoms with Crippen molar-refractivity contribution in [2.45, 2.75) is 6.54 Å². The highest BCUT2D eigenvalue weighted by atomic mass is 35.5. The molecule has 0 aliphatic rings. The molecular formula is C11H7Cl2N3. The summed E-state index contributed by atoms with van der Waals surface area (Å²) in [6.07, 6.45) is 3.38. The van der Waals surface area contributed by atoms with Gasteiger partial charge in [0.25, 0.3) is 0 Å². The van der Waals surface area contributed by atoms with Crippen molar-refractivity contribution in [1.29, 1.82) is 5.26 Å². The van der Waals surface area contributed by atoms with Crippen molar-refractivity contribution in [1.82, 2.24) is 9.55 Å². The molecule has 0 N–H and O–H groups in total. The first-order chi connectivity index (χ1) is 7.70. The number of benzene rings is 1. The van der Waals surface area contributed by atoms with Crippen LogP contribution in [-0.4, -0.2) is 9.55 Å². The summed E-state index contributed by atoms with van der Waals surface area (Å²) in [7, 11) is 0. The molecule has 0 aliphatic heterocycles. The number of hydrogen-bond donors (Lipinski definition) is 0. The Morgan fingerprint density at radius 1 is 1.25 bits per heavy atom. The Hall–Kier alpha value is -1.50. The van der Waals surface area contributed by atoms with Gasteiger partial charge in [-0.2, -0.15) is 5.26 Å². The normalized spacial score (nSPS) is 10.1. The van der Waals surface area contributed by atoms with Gasteiger partial charge < -0.3 is 4.57 Å². The van der Waals surface area contributed by atoms with E-state index in [1.807, 2.05) is 0 Å². The molecule has 0 atom stereocenters. The number of hydrogen-bond acceptors (Lipinski definition) is 2. The Morgan fingerprint density at radius 3 is 2.56 bits per heavy atom. The lowest BCUT2D eigenvalue weighted by Gasteiger charge is -2.04. The Bertz CT molecular complexity index is 534. The fourth-order valence-electron chi connectivity index (χ4n) is 1.46.